The fourth-order valence-corrected chi connectivity index (χ4v) is 1.42. The van der Waals surface area contributed by atoms with Crippen molar-refractivity contribution in [3.63, 3.8) is 0 Å². The topological polar surface area (TPSA) is 94.7 Å². The van der Waals surface area contributed by atoms with Crippen molar-refractivity contribution in [1.82, 2.24) is 10.1 Å². The molecular formula is C13H17N3O4. The van der Waals surface area contributed by atoms with Gasteiger partial charge in [0.1, 0.15) is 17.9 Å². The van der Waals surface area contributed by atoms with Crippen LogP contribution >= 0.6 is 0 Å². The molecule has 0 unspecified atom stereocenters. The number of allylic oxidation sites excluding steroid dienone is 1. The third-order valence-corrected chi connectivity index (χ3v) is 2.43. The van der Waals surface area contributed by atoms with E-state index in [0.717, 1.165) is 0 Å². The highest BCUT2D eigenvalue weighted by Crippen LogP contribution is 2.13. The molecule has 7 nitrogen and oxygen atoms in total. The molecular weight excluding hydrogens is 262 g/mol. The van der Waals surface area contributed by atoms with E-state index in [-0.39, 0.29) is 18.6 Å². The van der Waals surface area contributed by atoms with Crippen LogP contribution in [0.5, 0.6) is 0 Å². The van der Waals surface area contributed by atoms with Gasteiger partial charge < -0.3 is 9.26 Å². The van der Waals surface area contributed by atoms with Crippen LogP contribution in [0, 0.1) is 0 Å². The smallest absolute Gasteiger partial charge is 0.313 e. The Labute approximate surface area is 116 Å². The second kappa shape index (κ2) is 7.98. The Kier molecular flexibility index (Phi) is 6.28. The second-order valence-corrected chi connectivity index (χ2v) is 3.87. The molecule has 7 heteroatoms. The highest BCUT2D eigenvalue weighted by atomic mass is 16.5. The average molecular weight is 279 g/mol. The third-order valence-electron chi connectivity index (χ3n) is 2.43. The minimum Gasteiger partial charge on any atom is -0.469 e. The summed E-state index contributed by atoms with van der Waals surface area (Å²) < 4.78 is 9.48. The maximum absolute atomic E-state index is 11.5. The van der Waals surface area contributed by atoms with Gasteiger partial charge in [0.05, 0.1) is 7.11 Å². The van der Waals surface area contributed by atoms with Crippen molar-refractivity contribution in [2.45, 2.75) is 33.1 Å². The number of hydrogen-bond donors (Lipinski definition) is 0. The van der Waals surface area contributed by atoms with Crippen molar-refractivity contribution >= 4 is 23.7 Å². The molecule has 0 fully saturated rings. The average Bonchev–Trinajstić information content (AvgIpc) is 2.91. The monoisotopic (exact) mass is 279 g/mol. The number of carbonyl (C=O) groups excluding carboxylic acids is 2. The molecule has 0 aliphatic carbocycles. The standard InChI is InChI=1S/C13H17N3O4/c1-4-10(14-5-2)13-15-11(16-20-13)7-6-9(17)8-12(18)19-3/h4-5H,6-8H2,1-3H3/b10-4-,14-5?. The van der Waals surface area contributed by atoms with Crippen LogP contribution in [0.2, 0.25) is 0 Å². The lowest BCUT2D eigenvalue weighted by atomic mass is 10.1. The fraction of sp³-hybridized carbons (Fsp3) is 0.462. The van der Waals surface area contributed by atoms with Gasteiger partial charge in [0, 0.05) is 19.1 Å². The summed E-state index contributed by atoms with van der Waals surface area (Å²) in [4.78, 5) is 30.6. The van der Waals surface area contributed by atoms with Gasteiger partial charge in [0.2, 0.25) is 0 Å². The molecule has 0 spiro atoms. The molecule has 0 N–H and O–H groups in total. The first-order valence-electron chi connectivity index (χ1n) is 6.17. The summed E-state index contributed by atoms with van der Waals surface area (Å²) in [7, 11) is 1.24. The van der Waals surface area contributed by atoms with Gasteiger partial charge in [-0.1, -0.05) is 11.2 Å². The summed E-state index contributed by atoms with van der Waals surface area (Å²) in [6.45, 7) is 3.60. The van der Waals surface area contributed by atoms with Crippen molar-refractivity contribution in [1.29, 1.82) is 0 Å². The van der Waals surface area contributed by atoms with Crippen LogP contribution in [0.4, 0.5) is 0 Å². The molecule has 0 saturated carbocycles. The van der Waals surface area contributed by atoms with E-state index in [2.05, 4.69) is 19.9 Å². The number of aromatic nitrogens is 2. The molecule has 0 aromatic carbocycles. The lowest BCUT2D eigenvalue weighted by Gasteiger charge is -1.97. The van der Waals surface area contributed by atoms with E-state index >= 15 is 0 Å². The Morgan fingerprint density at radius 1 is 1.40 bits per heavy atom. The molecule has 0 atom stereocenters. The second-order valence-electron chi connectivity index (χ2n) is 3.87. The molecule has 1 aromatic rings. The molecule has 1 heterocycles. The first-order valence-corrected chi connectivity index (χ1v) is 6.17. The Morgan fingerprint density at radius 2 is 2.15 bits per heavy atom. The van der Waals surface area contributed by atoms with Crippen LogP contribution < -0.4 is 0 Å². The summed E-state index contributed by atoms with van der Waals surface area (Å²) in [5.41, 5.74) is 0.576. The van der Waals surface area contributed by atoms with Gasteiger partial charge in [-0.3, -0.25) is 14.6 Å². The Bertz CT molecular complexity index is 531. The summed E-state index contributed by atoms with van der Waals surface area (Å²) in [5.74, 6) is -0.0526. The lowest BCUT2D eigenvalue weighted by molar-refractivity contribution is -0.143. The van der Waals surface area contributed by atoms with Gasteiger partial charge in [-0.15, -0.1) is 0 Å². The summed E-state index contributed by atoms with van der Waals surface area (Å²) in [6, 6.07) is 0. The number of Topliss-reactive ketones (excluding diaryl/α,β-unsaturated/α-hetero) is 1. The van der Waals surface area contributed by atoms with Crippen LogP contribution in [-0.2, 0) is 20.7 Å². The first-order chi connectivity index (χ1) is 9.60. The zero-order valence-corrected chi connectivity index (χ0v) is 11.8. The van der Waals surface area contributed by atoms with E-state index in [1.54, 1.807) is 19.2 Å². The summed E-state index contributed by atoms with van der Waals surface area (Å²) in [5, 5.41) is 3.77. The highest BCUT2D eigenvalue weighted by Gasteiger charge is 2.13. The zero-order valence-electron chi connectivity index (χ0n) is 11.8. The number of ether oxygens (including phenoxy) is 1. The largest absolute Gasteiger partial charge is 0.469 e. The third kappa shape index (κ3) is 4.75. The number of rotatable bonds is 7. The molecule has 0 aliphatic rings. The van der Waals surface area contributed by atoms with Crippen molar-refractivity contribution < 1.29 is 18.8 Å². The van der Waals surface area contributed by atoms with E-state index in [9.17, 15) is 9.59 Å². The predicted molar refractivity (Wildman–Crippen MR) is 72.1 cm³/mol. The quantitative estimate of drug-likeness (QED) is 0.427. The Morgan fingerprint density at radius 3 is 2.75 bits per heavy atom. The highest BCUT2D eigenvalue weighted by molar-refractivity contribution is 5.95. The van der Waals surface area contributed by atoms with Gasteiger partial charge in [-0.2, -0.15) is 4.98 Å². The molecule has 1 rings (SSSR count). The molecule has 20 heavy (non-hydrogen) atoms. The van der Waals surface area contributed by atoms with Crippen LogP contribution in [0.15, 0.2) is 15.6 Å². The van der Waals surface area contributed by atoms with E-state index in [4.69, 9.17) is 4.52 Å². The van der Waals surface area contributed by atoms with Crippen LogP contribution in [0.1, 0.15) is 38.4 Å². The molecule has 1 aromatic heterocycles. The van der Waals surface area contributed by atoms with Gasteiger partial charge in [-0.25, -0.2) is 0 Å². The van der Waals surface area contributed by atoms with Crippen molar-refractivity contribution in [2.75, 3.05) is 7.11 Å². The van der Waals surface area contributed by atoms with Gasteiger partial charge in [-0.05, 0) is 13.8 Å². The van der Waals surface area contributed by atoms with Gasteiger partial charge in [0.25, 0.3) is 5.89 Å². The molecule has 0 bridgehead atoms. The molecule has 0 saturated heterocycles. The van der Waals surface area contributed by atoms with Gasteiger partial charge in [0.15, 0.2) is 5.82 Å². The molecule has 0 aliphatic heterocycles. The molecule has 0 radical (unpaired) electrons. The normalized spacial score (nSPS) is 11.8. The first kappa shape index (κ1) is 15.7. The van der Waals surface area contributed by atoms with E-state index in [1.165, 1.54) is 7.11 Å². The SMILES string of the molecule is CC=N/C(=C\C)c1nc(CCC(=O)CC(=O)OC)no1. The van der Waals surface area contributed by atoms with Crippen LogP contribution in [0.3, 0.4) is 0 Å². The molecule has 108 valence electrons. The van der Waals surface area contributed by atoms with Crippen molar-refractivity contribution in [2.24, 2.45) is 4.99 Å². The number of carbonyl (C=O) groups is 2. The number of nitrogens with zero attached hydrogens (tertiary/aromatic N) is 3. The van der Waals surface area contributed by atoms with E-state index in [1.807, 2.05) is 6.92 Å². The fourth-order valence-electron chi connectivity index (χ4n) is 1.42. The number of aliphatic imine (C=N–C) groups is 1. The minimum absolute atomic E-state index is 0.163. The zero-order chi connectivity index (χ0) is 15.0. The number of aryl methyl sites for hydroxylation is 1. The Balaban J connectivity index is 2.56. The number of ketones is 1. The van der Waals surface area contributed by atoms with E-state index in [0.29, 0.717) is 23.8 Å². The minimum atomic E-state index is -0.544. The maximum Gasteiger partial charge on any atom is 0.313 e. The lowest BCUT2D eigenvalue weighted by Crippen LogP contribution is -2.10. The predicted octanol–water partition coefficient (Wildman–Crippen LogP) is 1.59. The number of hydrogen-bond acceptors (Lipinski definition) is 7. The van der Waals surface area contributed by atoms with Gasteiger partial charge >= 0.3 is 5.97 Å². The summed E-state index contributed by atoms with van der Waals surface area (Å²) in [6.07, 6.45) is 3.61. The van der Waals surface area contributed by atoms with Crippen LogP contribution in [0.25, 0.3) is 5.70 Å². The van der Waals surface area contributed by atoms with Crippen LogP contribution in [-0.4, -0.2) is 35.2 Å². The number of methoxy groups -OCH3 is 1. The molecule has 0 amide bonds. The Hall–Kier alpha value is -2.31. The van der Waals surface area contributed by atoms with E-state index < -0.39 is 5.97 Å². The van der Waals surface area contributed by atoms with Crippen molar-refractivity contribution in [3.05, 3.63) is 17.8 Å². The summed E-state index contributed by atoms with van der Waals surface area (Å²) >= 11 is 0. The maximum atomic E-state index is 11.5. The number of esters is 1. The van der Waals surface area contributed by atoms with Crippen molar-refractivity contribution in [3.8, 4) is 0 Å².